The molecule has 0 aliphatic carbocycles. The van der Waals surface area contributed by atoms with E-state index in [9.17, 15) is 9.18 Å². The predicted octanol–water partition coefficient (Wildman–Crippen LogP) is 5.77. The maximum absolute atomic E-state index is 13.1. The Balaban J connectivity index is 1.29. The summed E-state index contributed by atoms with van der Waals surface area (Å²) in [4.78, 5) is 17.3. The molecule has 0 spiro atoms. The number of hydrogen-bond donors (Lipinski definition) is 2. The van der Waals surface area contributed by atoms with Crippen molar-refractivity contribution < 1.29 is 9.18 Å². The Kier molecular flexibility index (Phi) is 8.06. The molecule has 4 rings (SSSR count). The lowest BCUT2D eigenvalue weighted by Gasteiger charge is -2.38. The zero-order valence-electron chi connectivity index (χ0n) is 22.7. The molecule has 1 saturated heterocycles. The zero-order chi connectivity index (χ0) is 26.7. The number of nitrogens with two attached hydrogens (primary N) is 1. The molecular weight excluding hydrogens is 463 g/mol. The Hall–Kier alpha value is -3.54. The topological polar surface area (TPSA) is 61.6 Å². The lowest BCUT2D eigenvalue weighted by atomic mass is 9.95. The van der Waals surface area contributed by atoms with Gasteiger partial charge < -0.3 is 20.9 Å². The van der Waals surface area contributed by atoms with Crippen molar-refractivity contribution in [3.05, 3.63) is 87.7 Å². The average molecular weight is 503 g/mol. The number of rotatable bonds is 7. The minimum atomic E-state index is -0.206. The van der Waals surface area contributed by atoms with Crippen molar-refractivity contribution in [2.75, 3.05) is 42.6 Å². The quantitative estimate of drug-likeness (QED) is 0.403. The van der Waals surface area contributed by atoms with Gasteiger partial charge in [-0.2, -0.15) is 0 Å². The van der Waals surface area contributed by atoms with Crippen LogP contribution in [0, 0.1) is 33.5 Å². The second-order valence-corrected chi connectivity index (χ2v) is 10.3. The number of piperidine rings is 1. The number of benzene rings is 3. The lowest BCUT2D eigenvalue weighted by molar-refractivity contribution is -0.130. The van der Waals surface area contributed by atoms with Crippen molar-refractivity contribution in [1.82, 2.24) is 4.90 Å². The van der Waals surface area contributed by atoms with Crippen LogP contribution in [0.25, 0.3) is 0 Å². The SMILES string of the molecule is Cc1c(C)c(C)c(NCC(=O)N(C)C2CCN(c3ccc(Cc4ccc(F)cc4)cc3)CC2)c(N)c1C. The second-order valence-electron chi connectivity index (χ2n) is 10.3. The van der Waals surface area contributed by atoms with Crippen LogP contribution in [0.1, 0.15) is 46.2 Å². The van der Waals surface area contributed by atoms with Gasteiger partial charge in [0.2, 0.25) is 5.91 Å². The van der Waals surface area contributed by atoms with Crippen molar-refractivity contribution >= 4 is 23.0 Å². The molecule has 3 aromatic carbocycles. The monoisotopic (exact) mass is 502 g/mol. The van der Waals surface area contributed by atoms with E-state index in [1.807, 2.05) is 31.0 Å². The highest BCUT2D eigenvalue weighted by Crippen LogP contribution is 2.33. The van der Waals surface area contributed by atoms with Crippen LogP contribution in [-0.4, -0.2) is 43.5 Å². The number of hydrogen-bond acceptors (Lipinski definition) is 4. The van der Waals surface area contributed by atoms with Crippen LogP contribution < -0.4 is 16.0 Å². The van der Waals surface area contributed by atoms with Crippen molar-refractivity contribution in [2.45, 2.75) is 53.0 Å². The van der Waals surface area contributed by atoms with Gasteiger partial charge in [-0.3, -0.25) is 4.79 Å². The number of nitrogen functional groups attached to an aromatic ring is 1. The summed E-state index contributed by atoms with van der Waals surface area (Å²) in [6.07, 6.45) is 2.66. The summed E-state index contributed by atoms with van der Waals surface area (Å²) in [6.45, 7) is 10.3. The first kappa shape index (κ1) is 26.5. The summed E-state index contributed by atoms with van der Waals surface area (Å²) in [7, 11) is 1.91. The normalized spacial score (nSPS) is 14.1. The Bertz CT molecular complexity index is 1220. The van der Waals surface area contributed by atoms with Gasteiger partial charge >= 0.3 is 0 Å². The number of nitrogens with one attached hydrogen (secondary N) is 1. The number of nitrogens with zero attached hydrogens (tertiary/aromatic N) is 2. The van der Waals surface area contributed by atoms with Crippen molar-refractivity contribution in [2.24, 2.45) is 0 Å². The summed E-state index contributed by atoms with van der Waals surface area (Å²) in [6, 6.07) is 15.5. The van der Waals surface area contributed by atoms with Crippen LogP contribution in [0.15, 0.2) is 48.5 Å². The molecule has 37 heavy (non-hydrogen) atoms. The highest BCUT2D eigenvalue weighted by atomic mass is 19.1. The van der Waals surface area contributed by atoms with Gasteiger partial charge in [-0.05, 0) is 105 Å². The molecule has 0 radical (unpaired) electrons. The number of likely N-dealkylation sites (N-methyl/N-ethyl adjacent to an activating group) is 1. The Labute approximate surface area is 220 Å². The van der Waals surface area contributed by atoms with Crippen molar-refractivity contribution in [1.29, 1.82) is 0 Å². The van der Waals surface area contributed by atoms with Gasteiger partial charge in [0, 0.05) is 31.9 Å². The molecule has 0 bridgehead atoms. The first-order valence-electron chi connectivity index (χ1n) is 13.1. The van der Waals surface area contributed by atoms with Gasteiger partial charge in [0.05, 0.1) is 17.9 Å². The maximum atomic E-state index is 13.1. The van der Waals surface area contributed by atoms with Gasteiger partial charge in [0.25, 0.3) is 0 Å². The predicted molar refractivity (Wildman–Crippen MR) is 152 cm³/mol. The molecular formula is C31H39FN4O. The molecule has 3 N–H and O–H groups in total. The van der Waals surface area contributed by atoms with Gasteiger partial charge in [0.1, 0.15) is 5.82 Å². The molecule has 0 aromatic heterocycles. The fourth-order valence-electron chi connectivity index (χ4n) is 5.24. The smallest absolute Gasteiger partial charge is 0.241 e. The number of amides is 1. The minimum Gasteiger partial charge on any atom is -0.397 e. The molecule has 6 heteroatoms. The first-order valence-corrected chi connectivity index (χ1v) is 13.1. The summed E-state index contributed by atoms with van der Waals surface area (Å²) in [5.74, 6) is -0.124. The maximum Gasteiger partial charge on any atom is 0.241 e. The summed E-state index contributed by atoms with van der Waals surface area (Å²) in [5, 5.41) is 3.32. The molecule has 0 atom stereocenters. The number of carbonyl (C=O) groups is 1. The zero-order valence-corrected chi connectivity index (χ0v) is 22.7. The summed E-state index contributed by atoms with van der Waals surface area (Å²) < 4.78 is 13.1. The van der Waals surface area contributed by atoms with E-state index in [-0.39, 0.29) is 24.3 Å². The molecule has 1 aliphatic heterocycles. The molecule has 0 saturated carbocycles. The van der Waals surface area contributed by atoms with Crippen LogP contribution in [0.5, 0.6) is 0 Å². The Morgan fingerprint density at radius 2 is 1.46 bits per heavy atom. The van der Waals surface area contributed by atoms with Gasteiger partial charge in [-0.15, -0.1) is 0 Å². The molecule has 1 fully saturated rings. The van der Waals surface area contributed by atoms with Gasteiger partial charge in [-0.25, -0.2) is 4.39 Å². The van der Waals surface area contributed by atoms with E-state index in [1.54, 1.807) is 0 Å². The molecule has 1 heterocycles. The van der Waals surface area contributed by atoms with Gasteiger partial charge in [0.15, 0.2) is 0 Å². The molecule has 0 unspecified atom stereocenters. The van der Waals surface area contributed by atoms with Crippen LogP contribution in [0.4, 0.5) is 21.5 Å². The van der Waals surface area contributed by atoms with Crippen molar-refractivity contribution in [3.8, 4) is 0 Å². The lowest BCUT2D eigenvalue weighted by Crippen LogP contribution is -2.47. The summed E-state index contributed by atoms with van der Waals surface area (Å²) >= 11 is 0. The number of carbonyl (C=O) groups excluding carboxylic acids is 1. The fourth-order valence-corrected chi connectivity index (χ4v) is 5.24. The van der Waals surface area contributed by atoms with Crippen LogP contribution >= 0.6 is 0 Å². The third-order valence-corrected chi connectivity index (χ3v) is 8.18. The Morgan fingerprint density at radius 1 is 0.919 bits per heavy atom. The average Bonchev–Trinajstić information content (AvgIpc) is 2.92. The number of anilines is 3. The van der Waals surface area contributed by atoms with Crippen LogP contribution in [0.2, 0.25) is 0 Å². The van der Waals surface area contributed by atoms with E-state index >= 15 is 0 Å². The largest absolute Gasteiger partial charge is 0.397 e. The summed E-state index contributed by atoms with van der Waals surface area (Å²) in [5.41, 5.74) is 16.1. The minimum absolute atomic E-state index is 0.0817. The van der Waals surface area contributed by atoms with Crippen molar-refractivity contribution in [3.63, 3.8) is 0 Å². The Morgan fingerprint density at radius 3 is 2.05 bits per heavy atom. The number of halogens is 1. The first-order chi connectivity index (χ1) is 17.7. The highest BCUT2D eigenvalue weighted by molar-refractivity contribution is 5.84. The van der Waals surface area contributed by atoms with E-state index in [1.165, 1.54) is 34.5 Å². The van der Waals surface area contributed by atoms with E-state index in [0.717, 1.165) is 60.4 Å². The highest BCUT2D eigenvalue weighted by Gasteiger charge is 2.26. The van der Waals surface area contributed by atoms with E-state index < -0.39 is 0 Å². The fraction of sp³-hybridized carbons (Fsp3) is 0.387. The van der Waals surface area contributed by atoms with Crippen LogP contribution in [0.3, 0.4) is 0 Å². The standard InChI is InChI=1S/C31H39FN4O/c1-20-21(2)23(4)31(30(33)22(20)3)34-19-29(37)35(5)27-14-16-36(17-15-27)28-12-8-25(9-13-28)18-24-6-10-26(32)11-7-24/h6-13,27,34H,14-19,33H2,1-5H3. The molecule has 1 amide bonds. The van der Waals surface area contributed by atoms with E-state index in [0.29, 0.717) is 0 Å². The van der Waals surface area contributed by atoms with E-state index in [4.69, 9.17) is 5.73 Å². The molecule has 3 aromatic rings. The second kappa shape index (κ2) is 11.2. The van der Waals surface area contributed by atoms with E-state index in [2.05, 4.69) is 55.3 Å². The molecule has 5 nitrogen and oxygen atoms in total. The third-order valence-electron chi connectivity index (χ3n) is 8.18. The third kappa shape index (κ3) is 5.90. The van der Waals surface area contributed by atoms with Crippen LogP contribution in [-0.2, 0) is 11.2 Å². The molecule has 1 aliphatic rings. The van der Waals surface area contributed by atoms with Gasteiger partial charge in [-0.1, -0.05) is 24.3 Å². The molecule has 196 valence electrons.